The predicted octanol–water partition coefficient (Wildman–Crippen LogP) is 5.09. The van der Waals surface area contributed by atoms with Crippen molar-refractivity contribution in [2.24, 2.45) is 14.1 Å². The first-order valence-corrected chi connectivity index (χ1v) is 10.6. The number of amides is 2. The summed E-state index contributed by atoms with van der Waals surface area (Å²) in [6, 6.07) is 10.7. The second kappa shape index (κ2) is 8.97. The molecule has 9 nitrogen and oxygen atoms in total. The van der Waals surface area contributed by atoms with Gasteiger partial charge in [-0.2, -0.15) is 10.2 Å². The number of nitrogens with zero attached hydrogens (tertiary/aromatic N) is 5. The van der Waals surface area contributed by atoms with Crippen molar-refractivity contribution in [1.29, 1.82) is 0 Å². The van der Waals surface area contributed by atoms with E-state index in [1.54, 1.807) is 53.1 Å². The smallest absolute Gasteiger partial charge is 0.324 e. The van der Waals surface area contributed by atoms with Gasteiger partial charge < -0.3 is 10.1 Å². The lowest BCUT2D eigenvalue weighted by Crippen LogP contribution is -2.21. The molecule has 4 aromatic rings. The Bertz CT molecular complexity index is 1340. The van der Waals surface area contributed by atoms with Gasteiger partial charge in [-0.3, -0.25) is 19.7 Å². The van der Waals surface area contributed by atoms with Crippen LogP contribution in [-0.4, -0.2) is 30.6 Å². The Kier molecular flexibility index (Phi) is 6.06. The molecule has 4 rings (SSSR count). The molecule has 2 N–H and O–H groups in total. The summed E-state index contributed by atoms with van der Waals surface area (Å²) in [5.41, 5.74) is 2.20. The molecule has 0 radical (unpaired) electrons. The maximum atomic E-state index is 14.7. The fourth-order valence-electron chi connectivity index (χ4n) is 3.26. The third-order valence-corrected chi connectivity index (χ3v) is 5.13. The van der Waals surface area contributed by atoms with E-state index in [1.807, 2.05) is 33.9 Å². The van der Waals surface area contributed by atoms with Gasteiger partial charge in [-0.1, -0.05) is 20.8 Å². The van der Waals surface area contributed by atoms with Gasteiger partial charge in [-0.15, -0.1) is 0 Å². The number of benzene rings is 1. The fourth-order valence-corrected chi connectivity index (χ4v) is 3.26. The number of aryl methyl sites for hydroxylation is 2. The third-order valence-electron chi connectivity index (χ3n) is 5.13. The van der Waals surface area contributed by atoms with Crippen LogP contribution in [0, 0.1) is 5.82 Å². The molecule has 0 unspecified atom stereocenters. The van der Waals surface area contributed by atoms with Crippen LogP contribution in [0.25, 0.3) is 11.4 Å². The molecule has 10 heteroatoms. The summed E-state index contributed by atoms with van der Waals surface area (Å²) in [4.78, 5) is 16.8. The Morgan fingerprint density at radius 1 is 0.971 bits per heavy atom. The minimum absolute atomic E-state index is 0.0216. The summed E-state index contributed by atoms with van der Waals surface area (Å²) in [6.45, 7) is 6.09. The van der Waals surface area contributed by atoms with Gasteiger partial charge in [0.1, 0.15) is 23.1 Å². The number of anilines is 2. The molecule has 2 amide bonds. The van der Waals surface area contributed by atoms with Gasteiger partial charge in [0, 0.05) is 50.1 Å². The van der Waals surface area contributed by atoms with E-state index < -0.39 is 11.8 Å². The van der Waals surface area contributed by atoms with Crippen LogP contribution in [0.2, 0.25) is 0 Å². The molecule has 0 atom stereocenters. The summed E-state index contributed by atoms with van der Waals surface area (Å²) in [5.74, 6) is 0.653. The first-order valence-electron chi connectivity index (χ1n) is 10.6. The average molecular weight is 464 g/mol. The Morgan fingerprint density at radius 3 is 2.38 bits per heavy atom. The van der Waals surface area contributed by atoms with Gasteiger partial charge in [0.15, 0.2) is 0 Å². The van der Waals surface area contributed by atoms with Gasteiger partial charge in [0.25, 0.3) is 0 Å². The van der Waals surface area contributed by atoms with Crippen molar-refractivity contribution in [2.75, 3.05) is 10.6 Å². The standard InChI is InChI=1S/C24H26FN7O2/c1-24(2,3)21-14-22(32(5)30-21)29-23(33)28-18-7-6-15(12-17(18)25)34-16-8-10-26-19(13-16)20-9-11-27-31(20)4/h6-14H,1-5H3,(H2,28,29,33). The van der Waals surface area contributed by atoms with E-state index in [9.17, 15) is 9.18 Å². The topological polar surface area (TPSA) is 98.9 Å². The molecule has 0 bridgehead atoms. The maximum Gasteiger partial charge on any atom is 0.324 e. The number of ether oxygens (including phenoxy) is 1. The molecule has 0 saturated heterocycles. The number of rotatable bonds is 5. The van der Waals surface area contributed by atoms with Gasteiger partial charge in [-0.05, 0) is 24.3 Å². The number of carbonyl (C=O) groups excluding carboxylic acids is 1. The zero-order valence-corrected chi connectivity index (χ0v) is 19.6. The fraction of sp³-hybridized carbons (Fsp3) is 0.250. The number of hydrogen-bond donors (Lipinski definition) is 2. The quantitative estimate of drug-likeness (QED) is 0.430. The van der Waals surface area contributed by atoms with Crippen LogP contribution in [0.1, 0.15) is 26.5 Å². The van der Waals surface area contributed by atoms with Crippen LogP contribution in [0.3, 0.4) is 0 Å². The largest absolute Gasteiger partial charge is 0.457 e. The molecule has 0 saturated carbocycles. The summed E-state index contributed by atoms with van der Waals surface area (Å²) in [7, 11) is 3.55. The van der Waals surface area contributed by atoms with Crippen molar-refractivity contribution in [2.45, 2.75) is 26.2 Å². The first kappa shape index (κ1) is 23.0. The van der Waals surface area contributed by atoms with Crippen molar-refractivity contribution < 1.29 is 13.9 Å². The van der Waals surface area contributed by atoms with Gasteiger partial charge in [0.2, 0.25) is 0 Å². The Balaban J connectivity index is 1.43. The molecular weight excluding hydrogens is 437 g/mol. The summed E-state index contributed by atoms with van der Waals surface area (Å²) < 4.78 is 23.7. The lowest BCUT2D eigenvalue weighted by atomic mass is 9.92. The number of urea groups is 1. The lowest BCUT2D eigenvalue weighted by Gasteiger charge is -2.13. The molecule has 176 valence electrons. The van der Waals surface area contributed by atoms with Crippen LogP contribution < -0.4 is 15.4 Å². The SMILES string of the molecule is Cn1nc(C(C)(C)C)cc1NC(=O)Nc1ccc(Oc2ccnc(-c3ccnn3C)c2)cc1F. The number of carbonyl (C=O) groups is 1. The minimum Gasteiger partial charge on any atom is -0.457 e. The molecule has 1 aromatic carbocycles. The molecule has 3 aromatic heterocycles. The summed E-state index contributed by atoms with van der Waals surface area (Å²) in [6.07, 6.45) is 3.29. The molecule has 0 spiro atoms. The monoisotopic (exact) mass is 463 g/mol. The average Bonchev–Trinajstić information content (AvgIpc) is 3.36. The van der Waals surface area contributed by atoms with Crippen LogP contribution >= 0.6 is 0 Å². The van der Waals surface area contributed by atoms with Crippen LogP contribution in [0.15, 0.2) is 54.9 Å². The molecule has 3 heterocycles. The number of hydrogen-bond acceptors (Lipinski definition) is 5. The normalized spacial score (nSPS) is 11.4. The number of nitrogens with one attached hydrogen (secondary N) is 2. The lowest BCUT2D eigenvalue weighted by molar-refractivity contribution is 0.262. The van der Waals surface area contributed by atoms with Gasteiger partial charge >= 0.3 is 6.03 Å². The van der Waals surface area contributed by atoms with Crippen LogP contribution in [0.5, 0.6) is 11.5 Å². The van der Waals surface area contributed by atoms with E-state index in [1.165, 1.54) is 12.1 Å². The van der Waals surface area contributed by atoms with Gasteiger partial charge in [0.05, 0.1) is 22.8 Å². The summed E-state index contributed by atoms with van der Waals surface area (Å²) in [5, 5.41) is 13.8. The second-order valence-corrected chi connectivity index (χ2v) is 8.83. The Labute approximate surface area is 196 Å². The first-order chi connectivity index (χ1) is 16.1. The highest BCUT2D eigenvalue weighted by atomic mass is 19.1. The molecule has 0 aliphatic heterocycles. The third kappa shape index (κ3) is 5.06. The highest BCUT2D eigenvalue weighted by Crippen LogP contribution is 2.28. The maximum absolute atomic E-state index is 14.7. The highest BCUT2D eigenvalue weighted by Gasteiger charge is 2.20. The molecular formula is C24H26FN7O2. The van der Waals surface area contributed by atoms with Crippen molar-refractivity contribution in [3.8, 4) is 22.9 Å². The number of pyridine rings is 1. The zero-order valence-electron chi connectivity index (χ0n) is 19.6. The highest BCUT2D eigenvalue weighted by molar-refractivity contribution is 5.99. The van der Waals surface area contributed by atoms with E-state index >= 15 is 0 Å². The molecule has 0 aliphatic carbocycles. The van der Waals surface area contributed by atoms with E-state index in [-0.39, 0.29) is 16.9 Å². The van der Waals surface area contributed by atoms with Gasteiger partial charge in [-0.25, -0.2) is 9.18 Å². The summed E-state index contributed by atoms with van der Waals surface area (Å²) >= 11 is 0. The minimum atomic E-state index is -0.631. The zero-order chi connectivity index (χ0) is 24.5. The molecule has 0 fully saturated rings. The Morgan fingerprint density at radius 2 is 1.74 bits per heavy atom. The van der Waals surface area contributed by atoms with Crippen molar-refractivity contribution in [3.63, 3.8) is 0 Å². The Hall–Kier alpha value is -4.21. The molecule has 0 aliphatic rings. The predicted molar refractivity (Wildman–Crippen MR) is 127 cm³/mol. The van der Waals surface area contributed by atoms with E-state index in [4.69, 9.17) is 4.74 Å². The molecule has 34 heavy (non-hydrogen) atoms. The number of aromatic nitrogens is 5. The van der Waals surface area contributed by atoms with Crippen molar-refractivity contribution >= 4 is 17.5 Å². The van der Waals surface area contributed by atoms with E-state index in [2.05, 4.69) is 25.8 Å². The van der Waals surface area contributed by atoms with Crippen LogP contribution in [-0.2, 0) is 19.5 Å². The van der Waals surface area contributed by atoms with Crippen molar-refractivity contribution in [3.05, 3.63) is 66.4 Å². The van der Waals surface area contributed by atoms with Crippen molar-refractivity contribution in [1.82, 2.24) is 24.5 Å². The van der Waals surface area contributed by atoms with E-state index in [0.717, 1.165) is 11.4 Å². The number of halogens is 1. The second-order valence-electron chi connectivity index (χ2n) is 8.83. The van der Waals surface area contributed by atoms with E-state index in [0.29, 0.717) is 17.3 Å². The van der Waals surface area contributed by atoms with Crippen LogP contribution in [0.4, 0.5) is 20.7 Å².